The Morgan fingerprint density at radius 1 is 1.44 bits per heavy atom. The van der Waals surface area contributed by atoms with Crippen LogP contribution in [0.25, 0.3) is 0 Å². The molecule has 0 radical (unpaired) electrons. The smallest absolute Gasteiger partial charge is 0.129 e. The molecule has 3 heteroatoms. The SMILES string of the molecule is CC1CCCN(c2cc(CCl)cc(C(C)C)n2)C1. The predicted octanol–water partition coefficient (Wildman–Crippen LogP) is 4.18. The van der Waals surface area contributed by atoms with Gasteiger partial charge in [0.1, 0.15) is 5.82 Å². The van der Waals surface area contributed by atoms with Crippen molar-refractivity contribution in [3.05, 3.63) is 23.4 Å². The van der Waals surface area contributed by atoms with Crippen molar-refractivity contribution in [2.45, 2.75) is 45.4 Å². The summed E-state index contributed by atoms with van der Waals surface area (Å²) in [6.45, 7) is 8.93. The lowest BCUT2D eigenvalue weighted by Crippen LogP contribution is -2.35. The summed E-state index contributed by atoms with van der Waals surface area (Å²) in [4.78, 5) is 7.22. The monoisotopic (exact) mass is 266 g/mol. The van der Waals surface area contributed by atoms with Crippen molar-refractivity contribution >= 4 is 17.4 Å². The quantitative estimate of drug-likeness (QED) is 0.763. The van der Waals surface area contributed by atoms with E-state index in [1.54, 1.807) is 0 Å². The van der Waals surface area contributed by atoms with Crippen molar-refractivity contribution in [2.24, 2.45) is 5.92 Å². The normalized spacial score (nSPS) is 20.5. The lowest BCUT2D eigenvalue weighted by Gasteiger charge is -2.32. The van der Waals surface area contributed by atoms with E-state index in [-0.39, 0.29) is 0 Å². The molecule has 0 bridgehead atoms. The molecule has 1 atom stereocenters. The van der Waals surface area contributed by atoms with Gasteiger partial charge in [0.25, 0.3) is 0 Å². The zero-order valence-corrected chi connectivity index (χ0v) is 12.4. The van der Waals surface area contributed by atoms with E-state index in [4.69, 9.17) is 16.6 Å². The molecule has 18 heavy (non-hydrogen) atoms. The van der Waals surface area contributed by atoms with E-state index in [0.717, 1.165) is 30.5 Å². The van der Waals surface area contributed by atoms with Gasteiger partial charge in [-0.05, 0) is 42.4 Å². The highest BCUT2D eigenvalue weighted by atomic mass is 35.5. The Labute approximate surface area is 115 Å². The van der Waals surface area contributed by atoms with E-state index >= 15 is 0 Å². The van der Waals surface area contributed by atoms with Crippen LogP contribution in [0.4, 0.5) is 5.82 Å². The van der Waals surface area contributed by atoms with E-state index < -0.39 is 0 Å². The summed E-state index contributed by atoms with van der Waals surface area (Å²) in [5.41, 5.74) is 2.34. The lowest BCUT2D eigenvalue weighted by molar-refractivity contribution is 0.444. The van der Waals surface area contributed by atoms with Crippen molar-refractivity contribution in [3.63, 3.8) is 0 Å². The summed E-state index contributed by atoms with van der Waals surface area (Å²) in [5.74, 6) is 2.90. The van der Waals surface area contributed by atoms with Gasteiger partial charge in [-0.15, -0.1) is 11.6 Å². The molecule has 0 aliphatic carbocycles. The van der Waals surface area contributed by atoms with Gasteiger partial charge >= 0.3 is 0 Å². The first kappa shape index (κ1) is 13.7. The Balaban J connectivity index is 2.28. The number of hydrogen-bond donors (Lipinski definition) is 0. The maximum Gasteiger partial charge on any atom is 0.129 e. The summed E-state index contributed by atoms with van der Waals surface area (Å²) in [6, 6.07) is 4.28. The molecule has 100 valence electrons. The number of hydrogen-bond acceptors (Lipinski definition) is 2. The average molecular weight is 267 g/mol. The highest BCUT2D eigenvalue weighted by Crippen LogP contribution is 2.25. The fraction of sp³-hybridized carbons (Fsp3) is 0.667. The molecular formula is C15H23ClN2. The van der Waals surface area contributed by atoms with Crippen LogP contribution < -0.4 is 4.90 Å². The van der Waals surface area contributed by atoms with Crippen LogP contribution in [0.2, 0.25) is 0 Å². The molecule has 1 unspecified atom stereocenters. The molecule has 1 aromatic heterocycles. The minimum Gasteiger partial charge on any atom is -0.356 e. The zero-order valence-electron chi connectivity index (χ0n) is 11.6. The number of piperidine rings is 1. The summed E-state index contributed by atoms with van der Waals surface area (Å²) in [6.07, 6.45) is 2.60. The fourth-order valence-electron chi connectivity index (χ4n) is 2.53. The second kappa shape index (κ2) is 5.92. The average Bonchev–Trinajstić information content (AvgIpc) is 2.38. The highest BCUT2D eigenvalue weighted by molar-refractivity contribution is 6.17. The maximum absolute atomic E-state index is 6.00. The standard InChI is InChI=1S/C15H23ClN2/c1-11(2)14-7-13(9-16)8-15(17-14)18-6-4-5-12(3)10-18/h7-8,11-12H,4-6,9-10H2,1-3H3. The number of halogens is 1. The van der Waals surface area contributed by atoms with Crippen molar-refractivity contribution in [1.82, 2.24) is 4.98 Å². The Morgan fingerprint density at radius 3 is 2.83 bits per heavy atom. The molecule has 0 saturated carbocycles. The van der Waals surface area contributed by atoms with Crippen LogP contribution in [0, 0.1) is 5.92 Å². The first-order chi connectivity index (χ1) is 8.60. The molecule has 0 spiro atoms. The maximum atomic E-state index is 6.00. The van der Waals surface area contributed by atoms with E-state index in [9.17, 15) is 0 Å². The lowest BCUT2D eigenvalue weighted by atomic mass is 10.00. The number of alkyl halides is 1. The van der Waals surface area contributed by atoms with Crippen LogP contribution in [0.1, 0.15) is 50.8 Å². The molecule has 0 aromatic carbocycles. The zero-order chi connectivity index (χ0) is 13.1. The van der Waals surface area contributed by atoms with Gasteiger partial charge in [-0.3, -0.25) is 0 Å². The Bertz CT molecular complexity index is 403. The van der Waals surface area contributed by atoms with Gasteiger partial charge in [-0.2, -0.15) is 0 Å². The third kappa shape index (κ3) is 3.17. The minimum atomic E-state index is 0.453. The first-order valence-corrected chi connectivity index (χ1v) is 7.45. The number of aromatic nitrogens is 1. The van der Waals surface area contributed by atoms with Crippen LogP contribution >= 0.6 is 11.6 Å². The molecule has 1 fully saturated rings. The molecule has 0 N–H and O–H groups in total. The van der Waals surface area contributed by atoms with Crippen molar-refractivity contribution in [3.8, 4) is 0 Å². The fourth-order valence-corrected chi connectivity index (χ4v) is 2.68. The largest absolute Gasteiger partial charge is 0.356 e. The van der Waals surface area contributed by atoms with Crippen molar-refractivity contribution in [1.29, 1.82) is 0 Å². The third-order valence-electron chi connectivity index (χ3n) is 3.62. The molecule has 1 saturated heterocycles. The van der Waals surface area contributed by atoms with Gasteiger partial charge in [0.2, 0.25) is 0 Å². The molecule has 0 amide bonds. The Hall–Kier alpha value is -0.760. The third-order valence-corrected chi connectivity index (χ3v) is 3.93. The van der Waals surface area contributed by atoms with Gasteiger partial charge in [-0.1, -0.05) is 20.8 Å². The van der Waals surface area contributed by atoms with Crippen molar-refractivity contribution < 1.29 is 0 Å². The van der Waals surface area contributed by atoms with Gasteiger partial charge in [0.05, 0.1) is 0 Å². The number of rotatable bonds is 3. The molecule has 1 aliphatic heterocycles. The van der Waals surface area contributed by atoms with Gasteiger partial charge < -0.3 is 4.90 Å². The Morgan fingerprint density at radius 2 is 2.22 bits per heavy atom. The van der Waals surface area contributed by atoms with Gasteiger partial charge in [0.15, 0.2) is 0 Å². The molecular weight excluding hydrogens is 244 g/mol. The topological polar surface area (TPSA) is 16.1 Å². The molecule has 2 rings (SSSR count). The van der Waals surface area contributed by atoms with E-state index in [2.05, 4.69) is 37.8 Å². The van der Waals surface area contributed by atoms with Crippen LogP contribution in [-0.4, -0.2) is 18.1 Å². The van der Waals surface area contributed by atoms with E-state index in [1.807, 2.05) is 0 Å². The van der Waals surface area contributed by atoms with Crippen LogP contribution in [0.15, 0.2) is 12.1 Å². The second-order valence-electron chi connectivity index (χ2n) is 5.74. The molecule has 1 aliphatic rings. The Kier molecular flexibility index (Phi) is 4.50. The highest BCUT2D eigenvalue weighted by Gasteiger charge is 2.18. The van der Waals surface area contributed by atoms with Crippen LogP contribution in [0.3, 0.4) is 0 Å². The van der Waals surface area contributed by atoms with Gasteiger partial charge in [-0.25, -0.2) is 4.98 Å². The van der Waals surface area contributed by atoms with Crippen LogP contribution in [0.5, 0.6) is 0 Å². The summed E-state index contributed by atoms with van der Waals surface area (Å²) < 4.78 is 0. The van der Waals surface area contributed by atoms with E-state index in [0.29, 0.717) is 11.8 Å². The summed E-state index contributed by atoms with van der Waals surface area (Å²) in [7, 11) is 0. The minimum absolute atomic E-state index is 0.453. The molecule has 2 nitrogen and oxygen atoms in total. The number of pyridine rings is 1. The summed E-state index contributed by atoms with van der Waals surface area (Å²) in [5, 5.41) is 0. The second-order valence-corrected chi connectivity index (χ2v) is 6.01. The van der Waals surface area contributed by atoms with Crippen molar-refractivity contribution in [2.75, 3.05) is 18.0 Å². The predicted molar refractivity (Wildman–Crippen MR) is 78.5 cm³/mol. The number of nitrogens with zero attached hydrogens (tertiary/aromatic N) is 2. The number of anilines is 1. The van der Waals surface area contributed by atoms with Gasteiger partial charge in [0, 0.05) is 24.7 Å². The molecule has 1 aromatic rings. The summed E-state index contributed by atoms with van der Waals surface area (Å²) >= 11 is 6.00. The first-order valence-electron chi connectivity index (χ1n) is 6.92. The molecule has 2 heterocycles. The van der Waals surface area contributed by atoms with Crippen LogP contribution in [-0.2, 0) is 5.88 Å². The van der Waals surface area contributed by atoms with E-state index in [1.165, 1.54) is 18.4 Å².